The minimum Gasteiger partial charge on any atom is -0.508 e. The van der Waals surface area contributed by atoms with Crippen LogP contribution in [0.2, 0.25) is 5.02 Å². The van der Waals surface area contributed by atoms with Gasteiger partial charge in [0.25, 0.3) is 5.91 Å². The maximum atomic E-state index is 14.3. The number of nitrogens with zero attached hydrogens (tertiary/aromatic N) is 2. The number of benzene rings is 4. The van der Waals surface area contributed by atoms with E-state index in [1.807, 2.05) is 72.8 Å². The second-order valence-corrected chi connectivity index (χ2v) is 13.6. The van der Waals surface area contributed by atoms with Gasteiger partial charge in [-0.2, -0.15) is 0 Å². The van der Waals surface area contributed by atoms with Crippen molar-refractivity contribution in [2.24, 2.45) is 0 Å². The normalized spacial score (nSPS) is 19.7. The number of carbonyl (C=O) groups excluding carboxylic acids is 1. The Morgan fingerprint density at radius 3 is 2.33 bits per heavy atom. The van der Waals surface area contributed by atoms with Crippen LogP contribution in [0.4, 0.5) is 0 Å². The topological polar surface area (TPSA) is 103 Å². The lowest BCUT2D eigenvalue weighted by Crippen LogP contribution is -2.50. The summed E-state index contributed by atoms with van der Waals surface area (Å²) in [6.45, 7) is 2.90. The molecule has 0 saturated carbocycles. The van der Waals surface area contributed by atoms with Gasteiger partial charge in [0.15, 0.2) is 0 Å². The van der Waals surface area contributed by atoms with E-state index < -0.39 is 17.7 Å². The average Bonchev–Trinajstić information content (AvgIpc) is 3.74. The highest BCUT2D eigenvalue weighted by Crippen LogP contribution is 2.45. The number of phenols is 1. The second kappa shape index (κ2) is 13.5. The maximum absolute atomic E-state index is 14.3. The fraction of sp³-hybridized carbons (Fsp3) is 0.359. The Morgan fingerprint density at radius 1 is 0.958 bits per heavy atom. The van der Waals surface area contributed by atoms with Crippen molar-refractivity contribution < 1.29 is 29.6 Å². The Balaban J connectivity index is 1.03. The van der Waals surface area contributed by atoms with E-state index in [9.17, 15) is 20.1 Å². The molecule has 4 aromatic carbocycles. The van der Waals surface area contributed by atoms with Crippen LogP contribution in [0.15, 0.2) is 97.1 Å². The van der Waals surface area contributed by atoms with Gasteiger partial charge in [0.2, 0.25) is 0 Å². The zero-order chi connectivity index (χ0) is 33.3. The number of hydrogen-bond acceptors (Lipinski definition) is 7. The number of ether oxygens (including phenoxy) is 2. The van der Waals surface area contributed by atoms with Crippen LogP contribution < -0.4 is 4.74 Å². The lowest BCUT2D eigenvalue weighted by atomic mass is 9.79. The summed E-state index contributed by atoms with van der Waals surface area (Å²) >= 11 is 6.20. The average molecular weight is 669 g/mol. The fourth-order valence-corrected chi connectivity index (χ4v) is 8.00. The molecule has 0 aliphatic carbocycles. The first-order valence-electron chi connectivity index (χ1n) is 16.7. The van der Waals surface area contributed by atoms with Crippen LogP contribution >= 0.6 is 11.6 Å². The van der Waals surface area contributed by atoms with Gasteiger partial charge in [-0.1, -0.05) is 78.3 Å². The lowest BCUT2D eigenvalue weighted by molar-refractivity contribution is -0.0835. The Morgan fingerprint density at radius 2 is 1.65 bits per heavy atom. The molecule has 3 heterocycles. The molecular formula is C39H41ClN2O6. The summed E-state index contributed by atoms with van der Waals surface area (Å²) in [4.78, 5) is 18.2. The zero-order valence-corrected chi connectivity index (χ0v) is 27.6. The quantitative estimate of drug-likeness (QED) is 0.206. The largest absolute Gasteiger partial charge is 0.508 e. The monoisotopic (exact) mass is 668 g/mol. The number of aliphatic hydroxyl groups is 2. The number of amides is 1. The van der Waals surface area contributed by atoms with Gasteiger partial charge in [0.1, 0.15) is 29.8 Å². The van der Waals surface area contributed by atoms with Gasteiger partial charge in [-0.15, -0.1) is 0 Å². The van der Waals surface area contributed by atoms with E-state index in [1.165, 1.54) is 17.7 Å². The molecule has 3 N–H and O–H groups in total. The predicted molar refractivity (Wildman–Crippen MR) is 183 cm³/mol. The van der Waals surface area contributed by atoms with Gasteiger partial charge in [0.05, 0.1) is 23.8 Å². The molecule has 4 aromatic rings. The minimum absolute atomic E-state index is 0.0430. The van der Waals surface area contributed by atoms with E-state index in [-0.39, 0.29) is 35.2 Å². The molecule has 0 aromatic heterocycles. The van der Waals surface area contributed by atoms with Crippen LogP contribution in [-0.4, -0.2) is 76.0 Å². The predicted octanol–water partition coefficient (Wildman–Crippen LogP) is 5.85. The zero-order valence-electron chi connectivity index (χ0n) is 26.8. The number of β-amino-alcohol motifs (C(OH)–C–C–N with tert-alkyl or cyclic N) is 1. The van der Waals surface area contributed by atoms with Crippen molar-refractivity contribution in [2.45, 2.75) is 55.6 Å². The van der Waals surface area contributed by atoms with Gasteiger partial charge in [-0.05, 0) is 72.2 Å². The third-order valence-corrected chi connectivity index (χ3v) is 10.5. The van der Waals surface area contributed by atoms with Crippen molar-refractivity contribution in [3.63, 3.8) is 0 Å². The smallest absolute Gasteiger partial charge is 0.257 e. The van der Waals surface area contributed by atoms with E-state index in [2.05, 4.69) is 11.0 Å². The van der Waals surface area contributed by atoms with E-state index in [1.54, 1.807) is 11.0 Å². The molecule has 1 spiro atoms. The molecule has 250 valence electrons. The molecule has 9 heteroatoms. The summed E-state index contributed by atoms with van der Waals surface area (Å²) in [6, 6.07) is 28.8. The molecule has 2 fully saturated rings. The Kier molecular flexibility index (Phi) is 9.20. The number of aliphatic hydroxyl groups excluding tert-OH is 1. The van der Waals surface area contributed by atoms with E-state index >= 15 is 0 Å². The first-order valence-corrected chi connectivity index (χ1v) is 17.1. The number of phenolic OH excluding ortho intramolecular Hbond substituents is 1. The van der Waals surface area contributed by atoms with E-state index in [0.29, 0.717) is 42.3 Å². The second-order valence-electron chi connectivity index (χ2n) is 13.2. The SMILES string of the molecule is O=C(c1ccc(O)cc1OC[C@@H](O)CN1CCC2(CC1)OCc1cc(Cl)ccc12)N1CCC[C@@H]1C(O)(c1ccccc1)c1ccccc1. The summed E-state index contributed by atoms with van der Waals surface area (Å²) in [6.07, 6.45) is 2.15. The number of aromatic hydroxyl groups is 1. The summed E-state index contributed by atoms with van der Waals surface area (Å²) in [5.74, 6) is -0.148. The highest BCUT2D eigenvalue weighted by molar-refractivity contribution is 6.30. The Labute approximate surface area is 286 Å². The number of hydrogen-bond donors (Lipinski definition) is 3. The molecule has 0 bridgehead atoms. The summed E-state index contributed by atoms with van der Waals surface area (Å²) in [7, 11) is 0. The molecule has 8 nitrogen and oxygen atoms in total. The third-order valence-electron chi connectivity index (χ3n) is 10.2. The van der Waals surface area contributed by atoms with Crippen molar-refractivity contribution in [3.8, 4) is 11.5 Å². The number of piperidine rings is 1. The number of fused-ring (bicyclic) bond motifs is 2. The van der Waals surface area contributed by atoms with E-state index in [0.717, 1.165) is 37.9 Å². The number of halogens is 1. The van der Waals surface area contributed by atoms with Crippen LogP contribution in [0.5, 0.6) is 11.5 Å². The summed E-state index contributed by atoms with van der Waals surface area (Å²) in [5.41, 5.74) is 2.30. The highest BCUT2D eigenvalue weighted by atomic mass is 35.5. The van der Waals surface area contributed by atoms with Crippen molar-refractivity contribution in [3.05, 3.63) is 130 Å². The molecule has 48 heavy (non-hydrogen) atoms. The maximum Gasteiger partial charge on any atom is 0.257 e. The number of carbonyl (C=O) groups is 1. The first-order chi connectivity index (χ1) is 23.3. The standard InChI is InChI=1S/C39H41ClN2O6/c40-30-13-16-34-27(22-30)25-48-38(34)17-20-41(21-18-38)24-32(44)26-47-35-23-31(43)14-15-33(35)37(45)42-19-7-12-36(42)39(46,28-8-3-1-4-9-28)29-10-5-2-6-11-29/h1-6,8-11,13-16,22-23,32,36,43-44,46H,7,12,17-21,24-26H2/t32-,36+/m0/s1. The van der Waals surface area contributed by atoms with Crippen molar-refractivity contribution in [1.82, 2.24) is 9.80 Å². The molecular weight excluding hydrogens is 628 g/mol. The fourth-order valence-electron chi connectivity index (χ4n) is 7.81. The summed E-state index contributed by atoms with van der Waals surface area (Å²) < 4.78 is 12.3. The summed E-state index contributed by atoms with van der Waals surface area (Å²) in [5, 5.41) is 34.5. The van der Waals surface area contributed by atoms with Gasteiger partial charge < -0.3 is 34.6 Å². The molecule has 2 atom stereocenters. The van der Waals surface area contributed by atoms with Crippen LogP contribution in [0, 0.1) is 0 Å². The Hall–Kier alpha value is -3.92. The third kappa shape index (κ3) is 6.19. The van der Waals surface area contributed by atoms with Crippen LogP contribution in [0.25, 0.3) is 0 Å². The van der Waals surface area contributed by atoms with Crippen LogP contribution in [-0.2, 0) is 22.5 Å². The minimum atomic E-state index is -1.44. The lowest BCUT2D eigenvalue weighted by Gasteiger charge is -2.40. The number of rotatable bonds is 9. The molecule has 0 radical (unpaired) electrons. The van der Waals surface area contributed by atoms with Gasteiger partial charge in [0, 0.05) is 37.3 Å². The van der Waals surface area contributed by atoms with Gasteiger partial charge in [-0.3, -0.25) is 4.79 Å². The van der Waals surface area contributed by atoms with Crippen LogP contribution in [0.3, 0.4) is 0 Å². The van der Waals surface area contributed by atoms with Crippen molar-refractivity contribution >= 4 is 17.5 Å². The van der Waals surface area contributed by atoms with Crippen molar-refractivity contribution in [1.29, 1.82) is 0 Å². The number of likely N-dealkylation sites (tertiary alicyclic amines) is 2. The van der Waals surface area contributed by atoms with Gasteiger partial charge in [-0.25, -0.2) is 0 Å². The Bertz CT molecular complexity index is 1700. The van der Waals surface area contributed by atoms with E-state index in [4.69, 9.17) is 21.1 Å². The molecule has 0 unspecified atom stereocenters. The highest BCUT2D eigenvalue weighted by Gasteiger charge is 2.48. The molecule has 7 rings (SSSR count). The molecule has 3 aliphatic heterocycles. The molecule has 3 aliphatic rings. The molecule has 1 amide bonds. The van der Waals surface area contributed by atoms with Crippen LogP contribution in [0.1, 0.15) is 58.3 Å². The van der Waals surface area contributed by atoms with Crippen molar-refractivity contribution in [2.75, 3.05) is 32.8 Å². The first kappa shape index (κ1) is 32.6. The van der Waals surface area contributed by atoms with Gasteiger partial charge >= 0.3 is 0 Å². The molecule has 2 saturated heterocycles.